The minimum absolute atomic E-state index is 0.0506. The van der Waals surface area contributed by atoms with Gasteiger partial charge in [0, 0.05) is 13.8 Å². The maximum absolute atomic E-state index is 12.1. The third-order valence-electron chi connectivity index (χ3n) is 7.77. The molecule has 0 aromatic heterocycles. The molecule has 238 valence electrons. The number of ether oxygens (including phenoxy) is 5. The molecule has 0 aromatic rings. The topological polar surface area (TPSA) is 271 Å². The van der Waals surface area contributed by atoms with Crippen LogP contribution in [0.5, 0.6) is 0 Å². The molecule has 1 aliphatic carbocycles. The molecule has 4 aliphatic rings. The van der Waals surface area contributed by atoms with Crippen molar-refractivity contribution in [1.29, 1.82) is 0 Å². The van der Waals surface area contributed by atoms with Crippen LogP contribution in [0.15, 0.2) is 9.98 Å². The second-order valence-corrected chi connectivity index (χ2v) is 10.6. The molecular weight excluding hydrogens is 568 g/mol. The normalized spacial score (nSPS) is 45.0. The number of fused-ring (bicyclic) bond motifs is 1. The fourth-order valence-corrected chi connectivity index (χ4v) is 5.77. The van der Waals surface area contributed by atoms with E-state index in [0.29, 0.717) is 0 Å². The summed E-state index contributed by atoms with van der Waals surface area (Å²) in [7, 11) is 0. The number of hydrogen-bond donors (Lipinski definition) is 9. The first-order chi connectivity index (χ1) is 19.9. The fourth-order valence-electron chi connectivity index (χ4n) is 5.77. The summed E-state index contributed by atoms with van der Waals surface area (Å²) in [5, 5.41) is 77.9. The molecule has 3 heterocycles. The zero-order chi connectivity index (χ0) is 30.9. The molecule has 0 unspecified atom stereocenters. The highest BCUT2D eigenvalue weighted by atomic mass is 16.7. The lowest BCUT2D eigenvalue weighted by Crippen LogP contribution is -2.69. The van der Waals surface area contributed by atoms with Crippen molar-refractivity contribution in [2.45, 2.75) is 99.5 Å². The molecule has 4 rings (SSSR count). The highest BCUT2D eigenvalue weighted by Crippen LogP contribution is 2.39. The second-order valence-electron chi connectivity index (χ2n) is 10.6. The van der Waals surface area contributed by atoms with Gasteiger partial charge in [-0.15, -0.1) is 0 Å². The zero-order valence-corrected chi connectivity index (χ0v) is 22.9. The van der Waals surface area contributed by atoms with E-state index in [1.807, 2.05) is 0 Å². The molecule has 0 spiro atoms. The van der Waals surface area contributed by atoms with Crippen LogP contribution < -0.4 is 10.6 Å². The van der Waals surface area contributed by atoms with Crippen molar-refractivity contribution in [2.75, 3.05) is 19.8 Å². The molecule has 3 fully saturated rings. The van der Waals surface area contributed by atoms with Crippen molar-refractivity contribution in [3.63, 3.8) is 0 Å². The number of amides is 2. The largest absolute Gasteiger partial charge is 0.458 e. The van der Waals surface area contributed by atoms with Gasteiger partial charge in [-0.05, 0) is 6.72 Å². The summed E-state index contributed by atoms with van der Waals surface area (Å²) in [5.41, 5.74) is 0. The van der Waals surface area contributed by atoms with Crippen LogP contribution in [0.1, 0.15) is 13.8 Å². The van der Waals surface area contributed by atoms with E-state index < -0.39 is 123 Å². The second kappa shape index (κ2) is 13.5. The van der Waals surface area contributed by atoms with Crippen molar-refractivity contribution in [1.82, 2.24) is 10.6 Å². The Morgan fingerprint density at radius 3 is 1.90 bits per heavy atom. The molecule has 2 saturated heterocycles. The maximum atomic E-state index is 12.1. The van der Waals surface area contributed by atoms with Gasteiger partial charge in [-0.2, -0.15) is 0 Å². The average Bonchev–Trinajstić information content (AvgIpc) is 3.48. The summed E-state index contributed by atoms with van der Waals surface area (Å²) in [6.45, 7) is 3.66. The Labute approximate surface area is 239 Å². The summed E-state index contributed by atoms with van der Waals surface area (Å²) in [6, 6.07) is -3.64. The van der Waals surface area contributed by atoms with Gasteiger partial charge in [0.2, 0.25) is 11.8 Å². The van der Waals surface area contributed by atoms with E-state index in [1.165, 1.54) is 0 Å². The Morgan fingerprint density at radius 1 is 0.833 bits per heavy atom. The number of amidine groups is 1. The fraction of sp³-hybridized carbons (Fsp3) is 0.833. The van der Waals surface area contributed by atoms with Crippen LogP contribution in [-0.2, 0) is 33.3 Å². The number of nitrogens with zero attached hydrogens (tertiary/aromatic N) is 2. The number of rotatable bonds is 9. The van der Waals surface area contributed by atoms with Crippen molar-refractivity contribution in [3.8, 4) is 0 Å². The molecule has 18 heteroatoms. The summed E-state index contributed by atoms with van der Waals surface area (Å²) in [6.07, 6.45) is -15.4. The number of carbonyl (C=O) groups excluding carboxylic acids is 2. The van der Waals surface area contributed by atoms with E-state index in [1.54, 1.807) is 0 Å². The molecule has 18 nitrogen and oxygen atoms in total. The average molecular weight is 607 g/mol. The predicted molar refractivity (Wildman–Crippen MR) is 137 cm³/mol. The first kappa shape index (κ1) is 32.6. The highest BCUT2D eigenvalue weighted by Gasteiger charge is 2.58. The van der Waals surface area contributed by atoms with Gasteiger partial charge in [-0.1, -0.05) is 0 Å². The van der Waals surface area contributed by atoms with Crippen LogP contribution in [0.4, 0.5) is 0 Å². The quantitative estimate of drug-likeness (QED) is 0.111. The Morgan fingerprint density at radius 2 is 1.38 bits per heavy atom. The summed E-state index contributed by atoms with van der Waals surface area (Å²) < 4.78 is 28.9. The Kier molecular flexibility index (Phi) is 10.5. The van der Waals surface area contributed by atoms with Gasteiger partial charge < -0.3 is 70.1 Å². The number of aliphatic imine (C=N–C) groups is 2. The number of aliphatic hydroxyl groups excluding tert-OH is 7. The van der Waals surface area contributed by atoms with Crippen LogP contribution in [-0.4, -0.2) is 166 Å². The zero-order valence-electron chi connectivity index (χ0n) is 22.9. The monoisotopic (exact) mass is 606 g/mol. The highest BCUT2D eigenvalue weighted by molar-refractivity contribution is 5.80. The van der Waals surface area contributed by atoms with Crippen LogP contribution in [0.2, 0.25) is 0 Å². The van der Waals surface area contributed by atoms with Gasteiger partial charge in [-0.25, -0.2) is 9.98 Å². The van der Waals surface area contributed by atoms with Crippen LogP contribution in [0.3, 0.4) is 0 Å². The molecule has 0 radical (unpaired) electrons. The van der Waals surface area contributed by atoms with Gasteiger partial charge in [0.15, 0.2) is 12.6 Å². The van der Waals surface area contributed by atoms with E-state index >= 15 is 0 Å². The van der Waals surface area contributed by atoms with Crippen molar-refractivity contribution < 1.29 is 69.0 Å². The molecule has 15 atom stereocenters. The van der Waals surface area contributed by atoms with Gasteiger partial charge >= 0.3 is 6.02 Å². The molecule has 0 bridgehead atoms. The predicted octanol–water partition coefficient (Wildman–Crippen LogP) is -5.91. The Hall–Kier alpha value is -2.36. The molecule has 9 N–H and O–H groups in total. The molecule has 0 aromatic carbocycles. The standard InChI is InChI=1S/C24H38N4O14/c1-7(32)26-13-16(35)15(34)10(5-30)38-22(13)41-21-11(6-31)39-23(14(18(21)37)27-8(2)33)40-20-9(4-29)19-12(17(20)36)28-24(25-3)42-19/h9-23,29-31,34-37H,3-6H2,1-2H3,(H,26,32)(H,27,33)/t9-,10+,11+,12+,13+,14+,15+,16-,17+,18-,19-,20+,21+,22-,23-/m0/s1. The summed E-state index contributed by atoms with van der Waals surface area (Å²) >= 11 is 0. The Bertz CT molecular complexity index is 1020. The lowest BCUT2D eigenvalue weighted by atomic mass is 9.94. The molecule has 42 heavy (non-hydrogen) atoms. The first-order valence-corrected chi connectivity index (χ1v) is 13.4. The van der Waals surface area contributed by atoms with Gasteiger partial charge in [-0.3, -0.25) is 9.59 Å². The minimum atomic E-state index is -1.68. The van der Waals surface area contributed by atoms with Crippen LogP contribution in [0.25, 0.3) is 0 Å². The van der Waals surface area contributed by atoms with E-state index in [4.69, 9.17) is 23.7 Å². The number of carbonyl (C=O) groups is 2. The van der Waals surface area contributed by atoms with Crippen molar-refractivity contribution in [2.24, 2.45) is 15.9 Å². The van der Waals surface area contributed by atoms with Gasteiger partial charge in [0.05, 0.1) is 31.8 Å². The minimum Gasteiger partial charge on any atom is -0.458 e. The lowest BCUT2D eigenvalue weighted by Gasteiger charge is -2.48. The smallest absolute Gasteiger partial charge is 0.311 e. The SMILES string of the molecule is C=NC1=N[C@@H]2[C@@H](O)[C@H](O[C@@H]3O[C@H](CO)[C@@H](O[C@@H]4O[C@H](CO)[C@@H](O)[C@@H](O)[C@H]4NC(C)=O)[C@@H](O)[C@H]3NC(C)=O)[C@@H](CO)[C@@H]2O1. The Balaban J connectivity index is 1.57. The molecule has 3 aliphatic heterocycles. The first-order valence-electron chi connectivity index (χ1n) is 13.4. The van der Waals surface area contributed by atoms with Crippen LogP contribution >= 0.6 is 0 Å². The molecule has 1 saturated carbocycles. The maximum Gasteiger partial charge on any atom is 0.311 e. The number of hydrogen-bond acceptors (Lipinski definition) is 16. The van der Waals surface area contributed by atoms with Crippen molar-refractivity contribution >= 4 is 24.6 Å². The van der Waals surface area contributed by atoms with E-state index in [9.17, 15) is 45.3 Å². The van der Waals surface area contributed by atoms with Crippen molar-refractivity contribution in [3.05, 3.63) is 0 Å². The number of aliphatic hydroxyl groups is 7. The van der Waals surface area contributed by atoms with E-state index in [-0.39, 0.29) is 6.02 Å². The van der Waals surface area contributed by atoms with E-state index in [2.05, 4.69) is 27.3 Å². The van der Waals surface area contributed by atoms with Gasteiger partial charge in [0.25, 0.3) is 0 Å². The van der Waals surface area contributed by atoms with Crippen LogP contribution in [0, 0.1) is 5.92 Å². The van der Waals surface area contributed by atoms with E-state index in [0.717, 1.165) is 13.8 Å². The lowest BCUT2D eigenvalue weighted by molar-refractivity contribution is -0.339. The molecule has 2 amide bonds. The third-order valence-corrected chi connectivity index (χ3v) is 7.77. The number of nitrogens with one attached hydrogen (secondary N) is 2. The summed E-state index contributed by atoms with van der Waals surface area (Å²) in [5.74, 6) is -2.05. The van der Waals surface area contributed by atoms with Gasteiger partial charge in [0.1, 0.15) is 67.0 Å². The summed E-state index contributed by atoms with van der Waals surface area (Å²) in [4.78, 5) is 31.7. The molecular formula is C24H38N4O14. The third kappa shape index (κ3) is 6.29.